The van der Waals surface area contributed by atoms with Gasteiger partial charge >= 0.3 is 0 Å². The number of para-hydroxylation sites is 3. The van der Waals surface area contributed by atoms with Crippen molar-refractivity contribution < 1.29 is 17.1 Å². The molecular formula is C72H42O2. The molecule has 0 aliphatic carbocycles. The number of fused-ring (bicyclic) bond motifs is 8. The van der Waals surface area contributed by atoms with E-state index in [9.17, 15) is 8.22 Å². The molecule has 0 spiro atoms. The van der Waals surface area contributed by atoms with E-state index in [1.807, 2.05) is 133 Å². The average Bonchev–Trinajstić information content (AvgIpc) is 4.21. The highest BCUT2D eigenvalue weighted by Gasteiger charge is 2.24. The molecule has 74 heavy (non-hydrogen) atoms. The lowest BCUT2D eigenvalue weighted by Gasteiger charge is -2.22. The topological polar surface area (TPSA) is 26.3 Å². The van der Waals surface area contributed by atoms with Gasteiger partial charge in [0, 0.05) is 27.1 Å². The SMILES string of the molecule is [2H]c1c(-c2ccc(-c3cccc4ccccc34)cc2)c2c([2H])c([2H])c3c(-c4ccc(-c5cccc6ccccc56)cc4)c([2H])c(-c4cccc5c4oc4ccccc45)c4c([2H])c([2H])c(c1-c1ccc5c(c1)oc1ccccc15)c2c34. The van der Waals surface area contributed by atoms with Crippen molar-refractivity contribution in [3.63, 3.8) is 0 Å². The summed E-state index contributed by atoms with van der Waals surface area (Å²) in [5.41, 5.74) is 10.7. The first-order chi connectivity index (χ1) is 39.2. The number of benzene rings is 14. The molecule has 0 N–H and O–H groups in total. The molecule has 342 valence electrons. The van der Waals surface area contributed by atoms with Crippen LogP contribution < -0.4 is 0 Å². The van der Waals surface area contributed by atoms with Gasteiger partial charge in [-0.3, -0.25) is 0 Å². The Hall–Kier alpha value is -9.76. The third-order valence-electron chi connectivity index (χ3n) is 15.3. The zero-order chi connectivity index (χ0) is 53.7. The Balaban J connectivity index is 1.06. The van der Waals surface area contributed by atoms with Crippen LogP contribution in [0.2, 0.25) is 0 Å². The molecule has 14 aromatic carbocycles. The average molecular weight is 945 g/mol. The van der Waals surface area contributed by atoms with Crippen molar-refractivity contribution in [1.29, 1.82) is 0 Å². The van der Waals surface area contributed by atoms with Gasteiger partial charge in [-0.1, -0.05) is 218 Å². The highest BCUT2D eigenvalue weighted by molar-refractivity contribution is 6.32. The lowest BCUT2D eigenvalue weighted by atomic mass is 9.81. The molecular weight excluding hydrogens is 897 g/mol. The summed E-state index contributed by atoms with van der Waals surface area (Å²) in [5.74, 6) is 0. The Morgan fingerprint density at radius 1 is 0.243 bits per heavy atom. The summed E-state index contributed by atoms with van der Waals surface area (Å²) >= 11 is 0. The summed E-state index contributed by atoms with van der Waals surface area (Å²) in [5, 5.41) is 10.3. The van der Waals surface area contributed by atoms with Crippen LogP contribution in [0.4, 0.5) is 0 Å². The number of furan rings is 2. The Morgan fingerprint density at radius 3 is 1.20 bits per heavy atom. The molecule has 0 saturated carbocycles. The first-order valence-corrected chi connectivity index (χ1v) is 25.0. The van der Waals surface area contributed by atoms with Crippen LogP contribution in [0, 0.1) is 0 Å². The van der Waals surface area contributed by atoms with Gasteiger partial charge in [-0.2, -0.15) is 0 Å². The fourth-order valence-electron chi connectivity index (χ4n) is 11.8. The molecule has 0 bridgehead atoms. The summed E-state index contributed by atoms with van der Waals surface area (Å²) in [4.78, 5) is 0. The zero-order valence-corrected chi connectivity index (χ0v) is 39.6. The van der Waals surface area contributed by atoms with E-state index in [4.69, 9.17) is 8.83 Å². The summed E-state index contributed by atoms with van der Waals surface area (Å²) in [7, 11) is 0. The van der Waals surface area contributed by atoms with E-state index >= 15 is 0 Å². The Bertz CT molecular complexity index is 5300. The van der Waals surface area contributed by atoms with Gasteiger partial charge in [-0.05, 0) is 151 Å². The summed E-state index contributed by atoms with van der Waals surface area (Å²) < 4.78 is 75.7. The Morgan fingerprint density at radius 2 is 0.622 bits per heavy atom. The van der Waals surface area contributed by atoms with Gasteiger partial charge < -0.3 is 8.83 Å². The van der Waals surface area contributed by atoms with Gasteiger partial charge in [0.1, 0.15) is 22.3 Å². The maximum absolute atomic E-state index is 10.6. The second-order valence-electron chi connectivity index (χ2n) is 19.3. The second-order valence-corrected chi connectivity index (χ2v) is 19.3. The third kappa shape index (κ3) is 6.12. The van der Waals surface area contributed by atoms with Crippen LogP contribution >= 0.6 is 0 Å². The van der Waals surface area contributed by atoms with Gasteiger partial charge in [0.05, 0.1) is 8.22 Å². The smallest absolute Gasteiger partial charge is 0.143 e. The third-order valence-corrected chi connectivity index (χ3v) is 15.3. The molecule has 0 unspecified atom stereocenters. The molecule has 0 aliphatic heterocycles. The molecule has 16 rings (SSSR count). The van der Waals surface area contributed by atoms with Gasteiger partial charge in [0.25, 0.3) is 0 Å². The van der Waals surface area contributed by atoms with E-state index in [1.165, 1.54) is 0 Å². The van der Waals surface area contributed by atoms with Crippen LogP contribution in [0.25, 0.3) is 165 Å². The highest BCUT2D eigenvalue weighted by atomic mass is 16.3. The van der Waals surface area contributed by atoms with Crippen molar-refractivity contribution in [1.82, 2.24) is 0 Å². The lowest BCUT2D eigenvalue weighted by molar-refractivity contribution is 0.669. The fraction of sp³-hybridized carbons (Fsp3) is 0. The van der Waals surface area contributed by atoms with E-state index in [2.05, 4.69) is 84.9 Å². The Kier molecular flexibility index (Phi) is 7.58. The van der Waals surface area contributed by atoms with Crippen molar-refractivity contribution in [2.24, 2.45) is 0 Å². The molecule has 2 heterocycles. The predicted octanol–water partition coefficient (Wildman–Crippen LogP) is 20.7. The standard InChI is InChI=1S/C72H42O2/c1-3-16-50-43(12-1)14-9-20-52(50)45-26-30-47(31-27-45)63-41-65(49-34-35-56-54-18-5-7-24-67(54)73-69(56)40-49)59-38-39-60-66(62-23-11-22-61-55-19-6-8-25-68(55)74-72(61)62)42-64(58-37-36-57(63)70(59)71(58)60)48-32-28-46(29-33-48)53-21-10-15-44-13-2-4-17-51(44)53/h1-42H/i36D,37D,38D,39D,41D,42D. The molecule has 0 aliphatic rings. The van der Waals surface area contributed by atoms with Crippen molar-refractivity contribution in [3.8, 4) is 66.8 Å². The highest BCUT2D eigenvalue weighted by Crippen LogP contribution is 2.50. The van der Waals surface area contributed by atoms with E-state index < -0.39 is 0 Å². The minimum Gasteiger partial charge on any atom is -0.456 e. The van der Waals surface area contributed by atoms with Gasteiger partial charge in [-0.15, -0.1) is 0 Å². The minimum atomic E-state index is -0.159. The van der Waals surface area contributed by atoms with Crippen molar-refractivity contribution >= 4 is 97.7 Å². The summed E-state index contributed by atoms with van der Waals surface area (Å²) in [6.07, 6.45) is 0. The summed E-state index contributed by atoms with van der Waals surface area (Å²) in [6, 6.07) is 72.2. The Labute approximate surface area is 434 Å². The second kappa shape index (κ2) is 15.9. The van der Waals surface area contributed by atoms with Crippen LogP contribution in [-0.4, -0.2) is 0 Å². The molecule has 0 fully saturated rings. The normalized spacial score (nSPS) is 13.2. The predicted molar refractivity (Wildman–Crippen MR) is 312 cm³/mol. The largest absolute Gasteiger partial charge is 0.456 e. The van der Waals surface area contributed by atoms with Crippen LogP contribution in [0.3, 0.4) is 0 Å². The molecule has 16 aromatic rings. The zero-order valence-electron chi connectivity index (χ0n) is 45.6. The minimum absolute atomic E-state index is 0.0449. The maximum atomic E-state index is 10.6. The van der Waals surface area contributed by atoms with E-state index in [0.717, 1.165) is 70.9 Å². The molecule has 0 atom stereocenters. The molecule has 2 nitrogen and oxygen atoms in total. The molecule has 0 amide bonds. The number of hydrogen-bond acceptors (Lipinski definition) is 2. The fourth-order valence-corrected chi connectivity index (χ4v) is 11.8. The van der Waals surface area contributed by atoms with Crippen molar-refractivity contribution in [2.75, 3.05) is 0 Å². The van der Waals surface area contributed by atoms with E-state index in [-0.39, 0.29) is 36.3 Å². The van der Waals surface area contributed by atoms with Gasteiger partial charge in [0.2, 0.25) is 0 Å². The monoisotopic (exact) mass is 944 g/mol. The number of hydrogen-bond donors (Lipinski definition) is 0. The van der Waals surface area contributed by atoms with Crippen molar-refractivity contribution in [3.05, 3.63) is 255 Å². The number of rotatable bonds is 6. The van der Waals surface area contributed by atoms with Crippen LogP contribution in [0.15, 0.2) is 263 Å². The lowest BCUT2D eigenvalue weighted by Crippen LogP contribution is -1.94. The first kappa shape index (κ1) is 35.4. The van der Waals surface area contributed by atoms with Crippen LogP contribution in [0.1, 0.15) is 8.22 Å². The van der Waals surface area contributed by atoms with Crippen LogP contribution in [0.5, 0.6) is 0 Å². The van der Waals surface area contributed by atoms with Gasteiger partial charge in [-0.25, -0.2) is 0 Å². The van der Waals surface area contributed by atoms with Crippen molar-refractivity contribution in [2.45, 2.75) is 0 Å². The summed E-state index contributed by atoms with van der Waals surface area (Å²) in [6.45, 7) is 0. The van der Waals surface area contributed by atoms with Gasteiger partial charge in [0.15, 0.2) is 0 Å². The molecule has 0 saturated heterocycles. The first-order valence-electron chi connectivity index (χ1n) is 28.0. The van der Waals surface area contributed by atoms with E-state index in [1.54, 1.807) is 0 Å². The maximum Gasteiger partial charge on any atom is 0.143 e. The molecule has 0 radical (unpaired) electrons. The quantitative estimate of drug-likeness (QED) is 0.155. The van der Waals surface area contributed by atoms with Crippen LogP contribution in [-0.2, 0) is 0 Å². The van der Waals surface area contributed by atoms with E-state index in [0.29, 0.717) is 93.6 Å². The molecule has 2 aromatic heterocycles. The molecule has 2 heteroatoms.